The summed E-state index contributed by atoms with van der Waals surface area (Å²) in [6.07, 6.45) is 0.292. The van der Waals surface area contributed by atoms with Crippen molar-refractivity contribution in [1.82, 2.24) is 9.80 Å². The molecule has 1 saturated heterocycles. The number of hydrogen-bond acceptors (Lipinski definition) is 4. The molecular formula is C19H23BrN2O2S. The molecule has 1 aromatic heterocycles. The first-order chi connectivity index (χ1) is 12.0. The summed E-state index contributed by atoms with van der Waals surface area (Å²) in [7, 11) is 1.85. The number of thiophene rings is 1. The fourth-order valence-corrected chi connectivity index (χ4v) is 4.54. The first-order valence-electron chi connectivity index (χ1n) is 8.44. The maximum Gasteiger partial charge on any atom is 0.253 e. The van der Waals surface area contributed by atoms with Gasteiger partial charge in [-0.1, -0.05) is 12.1 Å². The van der Waals surface area contributed by atoms with Crippen LogP contribution in [0.3, 0.4) is 0 Å². The second kappa shape index (κ2) is 8.45. The third-order valence-corrected chi connectivity index (χ3v) is 5.91. The largest absolute Gasteiger partial charge is 0.376 e. The van der Waals surface area contributed by atoms with Gasteiger partial charge in [-0.25, -0.2) is 0 Å². The standard InChI is InChI=1S/C19H23BrN2O2S/c1-14-11-22(9-10-24-14)12-15-3-5-16(6-4-15)19(23)21(2)13-17-7-8-18(20)25-17/h3-8,14H,9-13H2,1-2H3. The SMILES string of the molecule is CC1CN(Cc2ccc(C(=O)N(C)Cc3ccc(Br)s3)cc2)CCO1. The lowest BCUT2D eigenvalue weighted by atomic mass is 10.1. The molecule has 1 atom stereocenters. The highest BCUT2D eigenvalue weighted by Gasteiger charge is 2.17. The van der Waals surface area contributed by atoms with Crippen LogP contribution >= 0.6 is 27.3 Å². The molecule has 1 amide bonds. The third-order valence-electron chi connectivity index (χ3n) is 4.30. The number of nitrogens with zero attached hydrogens (tertiary/aromatic N) is 2. The van der Waals surface area contributed by atoms with Gasteiger partial charge in [0, 0.05) is 37.1 Å². The van der Waals surface area contributed by atoms with E-state index in [0.717, 1.165) is 35.6 Å². The van der Waals surface area contributed by atoms with Crippen LogP contribution in [-0.4, -0.2) is 48.6 Å². The van der Waals surface area contributed by atoms with Crippen molar-refractivity contribution in [2.45, 2.75) is 26.1 Å². The van der Waals surface area contributed by atoms with Crippen LogP contribution in [0.1, 0.15) is 27.7 Å². The normalized spacial score (nSPS) is 18.3. The van der Waals surface area contributed by atoms with E-state index in [9.17, 15) is 4.79 Å². The summed E-state index contributed by atoms with van der Waals surface area (Å²) >= 11 is 5.12. The minimum atomic E-state index is 0.0519. The smallest absolute Gasteiger partial charge is 0.253 e. The van der Waals surface area contributed by atoms with Crippen molar-refractivity contribution < 1.29 is 9.53 Å². The van der Waals surface area contributed by atoms with Gasteiger partial charge in [-0.05, 0) is 52.7 Å². The maximum absolute atomic E-state index is 12.6. The number of morpholine rings is 1. The van der Waals surface area contributed by atoms with Crippen LogP contribution in [0.2, 0.25) is 0 Å². The van der Waals surface area contributed by atoms with Crippen molar-refractivity contribution in [3.63, 3.8) is 0 Å². The van der Waals surface area contributed by atoms with Crippen molar-refractivity contribution in [3.05, 3.63) is 56.2 Å². The molecule has 0 aliphatic carbocycles. The average molecular weight is 423 g/mol. The zero-order valence-electron chi connectivity index (χ0n) is 14.6. The number of carbonyl (C=O) groups is 1. The zero-order valence-corrected chi connectivity index (χ0v) is 17.0. The number of carbonyl (C=O) groups excluding carboxylic acids is 1. The quantitative estimate of drug-likeness (QED) is 0.729. The lowest BCUT2D eigenvalue weighted by Gasteiger charge is -2.31. The van der Waals surface area contributed by atoms with Crippen molar-refractivity contribution in [3.8, 4) is 0 Å². The summed E-state index contributed by atoms with van der Waals surface area (Å²) in [5.74, 6) is 0.0519. The van der Waals surface area contributed by atoms with Gasteiger partial charge in [0.25, 0.3) is 5.91 Å². The van der Waals surface area contributed by atoms with E-state index in [1.54, 1.807) is 16.2 Å². The van der Waals surface area contributed by atoms with Crippen LogP contribution < -0.4 is 0 Å². The van der Waals surface area contributed by atoms with E-state index in [4.69, 9.17) is 4.74 Å². The fraction of sp³-hybridized carbons (Fsp3) is 0.421. The molecule has 0 spiro atoms. The predicted molar refractivity (Wildman–Crippen MR) is 105 cm³/mol. The summed E-state index contributed by atoms with van der Waals surface area (Å²) in [5, 5.41) is 0. The van der Waals surface area contributed by atoms with Crippen LogP contribution in [0.25, 0.3) is 0 Å². The highest BCUT2D eigenvalue weighted by molar-refractivity contribution is 9.11. The van der Waals surface area contributed by atoms with Crippen LogP contribution in [0.4, 0.5) is 0 Å². The summed E-state index contributed by atoms with van der Waals surface area (Å²) in [6.45, 7) is 6.35. The van der Waals surface area contributed by atoms with Crippen LogP contribution in [0, 0.1) is 0 Å². The van der Waals surface area contributed by atoms with Gasteiger partial charge in [-0.2, -0.15) is 0 Å². The molecule has 1 unspecified atom stereocenters. The summed E-state index contributed by atoms with van der Waals surface area (Å²) < 4.78 is 6.67. The van der Waals surface area contributed by atoms with Crippen LogP contribution in [0.15, 0.2) is 40.2 Å². The Kier molecular flexibility index (Phi) is 6.28. The number of rotatable bonds is 5. The summed E-state index contributed by atoms with van der Waals surface area (Å²) in [5.41, 5.74) is 1.97. The molecule has 25 heavy (non-hydrogen) atoms. The minimum absolute atomic E-state index is 0.0519. The van der Waals surface area contributed by atoms with E-state index in [-0.39, 0.29) is 5.91 Å². The molecule has 1 fully saturated rings. The number of halogens is 1. The van der Waals surface area contributed by atoms with E-state index in [0.29, 0.717) is 12.6 Å². The molecule has 3 rings (SSSR count). The monoisotopic (exact) mass is 422 g/mol. The Bertz CT molecular complexity index is 716. The summed E-state index contributed by atoms with van der Waals surface area (Å²) in [4.78, 5) is 17.9. The van der Waals surface area contributed by atoms with Gasteiger partial charge in [0.2, 0.25) is 0 Å². The van der Waals surface area contributed by atoms with E-state index >= 15 is 0 Å². The van der Waals surface area contributed by atoms with Crippen molar-refractivity contribution in [1.29, 1.82) is 0 Å². The van der Waals surface area contributed by atoms with Crippen molar-refractivity contribution in [2.75, 3.05) is 26.7 Å². The molecule has 0 saturated carbocycles. The van der Waals surface area contributed by atoms with Crippen LogP contribution in [0.5, 0.6) is 0 Å². The predicted octanol–water partition coefficient (Wildman–Crippen LogP) is 4.00. The van der Waals surface area contributed by atoms with E-state index in [1.165, 1.54) is 10.4 Å². The van der Waals surface area contributed by atoms with Gasteiger partial charge in [-0.15, -0.1) is 11.3 Å². The Morgan fingerprint density at radius 2 is 2.08 bits per heavy atom. The van der Waals surface area contributed by atoms with Crippen molar-refractivity contribution in [2.24, 2.45) is 0 Å². The molecule has 0 N–H and O–H groups in total. The highest BCUT2D eigenvalue weighted by atomic mass is 79.9. The van der Waals surface area contributed by atoms with E-state index in [1.807, 2.05) is 31.3 Å². The highest BCUT2D eigenvalue weighted by Crippen LogP contribution is 2.23. The molecule has 134 valence electrons. The van der Waals surface area contributed by atoms with E-state index < -0.39 is 0 Å². The third kappa shape index (κ3) is 5.14. The fourth-order valence-electron chi connectivity index (χ4n) is 3.01. The molecule has 2 aromatic rings. The van der Waals surface area contributed by atoms with Gasteiger partial charge < -0.3 is 9.64 Å². The molecule has 6 heteroatoms. The Labute approximate surface area is 161 Å². The second-order valence-corrected chi connectivity index (χ2v) is 9.03. The average Bonchev–Trinajstić information content (AvgIpc) is 3.00. The van der Waals surface area contributed by atoms with Gasteiger partial charge in [0.15, 0.2) is 0 Å². The Hall–Kier alpha value is -1.21. The molecule has 1 aliphatic heterocycles. The van der Waals surface area contributed by atoms with Gasteiger partial charge in [0.1, 0.15) is 0 Å². The van der Waals surface area contributed by atoms with Gasteiger partial charge >= 0.3 is 0 Å². The van der Waals surface area contributed by atoms with Crippen molar-refractivity contribution >= 4 is 33.2 Å². The van der Waals surface area contributed by atoms with Gasteiger partial charge in [-0.3, -0.25) is 9.69 Å². The number of amides is 1. The Morgan fingerprint density at radius 3 is 2.72 bits per heavy atom. The molecule has 1 aromatic carbocycles. The molecular weight excluding hydrogens is 400 g/mol. The second-order valence-electron chi connectivity index (χ2n) is 6.48. The topological polar surface area (TPSA) is 32.8 Å². The van der Waals surface area contributed by atoms with Gasteiger partial charge in [0.05, 0.1) is 23.0 Å². The first-order valence-corrected chi connectivity index (χ1v) is 10.0. The molecule has 0 bridgehead atoms. The molecule has 2 heterocycles. The minimum Gasteiger partial charge on any atom is -0.376 e. The molecule has 0 radical (unpaired) electrons. The van der Waals surface area contributed by atoms with Crippen LogP contribution in [-0.2, 0) is 17.8 Å². The van der Waals surface area contributed by atoms with E-state index in [2.05, 4.69) is 39.9 Å². The Balaban J connectivity index is 1.58. The zero-order chi connectivity index (χ0) is 17.8. The molecule has 4 nitrogen and oxygen atoms in total. The number of benzene rings is 1. The number of ether oxygens (including phenoxy) is 1. The summed E-state index contributed by atoms with van der Waals surface area (Å²) in [6, 6.07) is 12.0. The maximum atomic E-state index is 12.6. The Morgan fingerprint density at radius 1 is 1.32 bits per heavy atom. The molecule has 1 aliphatic rings. The first kappa shape index (κ1) is 18.6. The lowest BCUT2D eigenvalue weighted by molar-refractivity contribution is -0.0212. The number of hydrogen-bond donors (Lipinski definition) is 0. The lowest BCUT2D eigenvalue weighted by Crippen LogP contribution is -2.40.